The van der Waals surface area contributed by atoms with E-state index in [-0.39, 0.29) is 6.10 Å². The first kappa shape index (κ1) is 8.75. The van der Waals surface area contributed by atoms with E-state index >= 15 is 0 Å². The monoisotopic (exact) mass is 180 g/mol. The summed E-state index contributed by atoms with van der Waals surface area (Å²) >= 11 is 0. The predicted molar refractivity (Wildman–Crippen MR) is 50.4 cm³/mol. The highest BCUT2D eigenvalue weighted by atomic mass is 16.3. The summed E-state index contributed by atoms with van der Waals surface area (Å²) in [6.45, 7) is 2.11. The molecular formula is C10H16N2O. The summed E-state index contributed by atoms with van der Waals surface area (Å²) < 4.78 is 1.83. The fourth-order valence-electron chi connectivity index (χ4n) is 2.19. The number of hydrogen-bond donors (Lipinski definition) is 1. The van der Waals surface area contributed by atoms with Crippen LogP contribution in [0.4, 0.5) is 0 Å². The van der Waals surface area contributed by atoms with Crippen molar-refractivity contribution in [1.82, 2.24) is 9.78 Å². The van der Waals surface area contributed by atoms with Crippen molar-refractivity contribution in [3.05, 3.63) is 18.0 Å². The molecule has 0 aromatic carbocycles. The van der Waals surface area contributed by atoms with Gasteiger partial charge >= 0.3 is 0 Å². The quantitative estimate of drug-likeness (QED) is 0.707. The van der Waals surface area contributed by atoms with Crippen LogP contribution in [0, 0.1) is 5.92 Å². The Morgan fingerprint density at radius 2 is 2.31 bits per heavy atom. The zero-order valence-corrected chi connectivity index (χ0v) is 8.14. The minimum atomic E-state index is -0.132. The molecule has 1 heterocycles. The van der Waals surface area contributed by atoms with Crippen LogP contribution in [0.3, 0.4) is 0 Å². The highest BCUT2D eigenvalue weighted by Gasteiger charge is 2.33. The van der Waals surface area contributed by atoms with Gasteiger partial charge in [-0.05, 0) is 24.8 Å². The molecule has 1 saturated carbocycles. The van der Waals surface area contributed by atoms with E-state index in [1.165, 1.54) is 0 Å². The number of rotatable bonds is 1. The zero-order valence-electron chi connectivity index (χ0n) is 8.14. The minimum absolute atomic E-state index is 0.132. The maximum atomic E-state index is 9.60. The number of aliphatic hydroxyl groups is 1. The van der Waals surface area contributed by atoms with E-state index in [9.17, 15) is 5.11 Å². The maximum Gasteiger partial charge on any atom is 0.0659 e. The number of aliphatic hydroxyl groups excluding tert-OH is 1. The van der Waals surface area contributed by atoms with Crippen molar-refractivity contribution in [2.24, 2.45) is 13.0 Å². The van der Waals surface area contributed by atoms with Gasteiger partial charge in [-0.15, -0.1) is 0 Å². The summed E-state index contributed by atoms with van der Waals surface area (Å²) in [5, 5.41) is 14.0. The average Bonchev–Trinajstić information content (AvgIpc) is 2.62. The fraction of sp³-hybridized carbons (Fsp3) is 0.700. The van der Waals surface area contributed by atoms with Gasteiger partial charge in [0.2, 0.25) is 0 Å². The van der Waals surface area contributed by atoms with Crippen molar-refractivity contribution in [3.8, 4) is 0 Å². The molecule has 0 radical (unpaired) electrons. The van der Waals surface area contributed by atoms with Crippen LogP contribution < -0.4 is 0 Å². The largest absolute Gasteiger partial charge is 0.393 e. The van der Waals surface area contributed by atoms with E-state index < -0.39 is 0 Å². The first-order valence-corrected chi connectivity index (χ1v) is 4.86. The molecule has 3 unspecified atom stereocenters. The molecule has 3 heteroatoms. The molecule has 0 bridgehead atoms. The minimum Gasteiger partial charge on any atom is -0.393 e. The van der Waals surface area contributed by atoms with E-state index in [0.29, 0.717) is 11.8 Å². The van der Waals surface area contributed by atoms with E-state index in [4.69, 9.17) is 0 Å². The van der Waals surface area contributed by atoms with Crippen molar-refractivity contribution in [1.29, 1.82) is 0 Å². The standard InChI is InChI=1S/C10H16N2O/c1-7-8(3-4-10(7)13)9-5-6-12(2)11-9/h5-8,10,13H,3-4H2,1-2H3. The summed E-state index contributed by atoms with van der Waals surface area (Å²) in [5.41, 5.74) is 1.13. The molecule has 0 amide bonds. The Balaban J connectivity index is 2.18. The fourth-order valence-corrected chi connectivity index (χ4v) is 2.19. The normalized spacial score (nSPS) is 33.9. The lowest BCUT2D eigenvalue weighted by atomic mass is 9.94. The summed E-state index contributed by atoms with van der Waals surface area (Å²) in [6.07, 6.45) is 3.82. The van der Waals surface area contributed by atoms with Crippen LogP contribution in [-0.2, 0) is 7.05 Å². The van der Waals surface area contributed by atoms with Crippen LogP contribution >= 0.6 is 0 Å². The van der Waals surface area contributed by atoms with Gasteiger partial charge in [0.25, 0.3) is 0 Å². The van der Waals surface area contributed by atoms with Crippen molar-refractivity contribution < 1.29 is 5.11 Å². The Labute approximate surface area is 78.4 Å². The lowest BCUT2D eigenvalue weighted by Gasteiger charge is -2.14. The van der Waals surface area contributed by atoms with Gasteiger partial charge in [-0.1, -0.05) is 6.92 Å². The van der Waals surface area contributed by atoms with Gasteiger partial charge < -0.3 is 5.11 Å². The van der Waals surface area contributed by atoms with Crippen LogP contribution in [0.25, 0.3) is 0 Å². The molecule has 0 aliphatic heterocycles. The van der Waals surface area contributed by atoms with Gasteiger partial charge in [0.15, 0.2) is 0 Å². The second-order valence-corrected chi connectivity index (χ2v) is 4.02. The van der Waals surface area contributed by atoms with Gasteiger partial charge in [0.1, 0.15) is 0 Å². The van der Waals surface area contributed by atoms with Crippen LogP contribution in [0.1, 0.15) is 31.4 Å². The SMILES string of the molecule is CC1C(O)CCC1c1ccn(C)n1. The van der Waals surface area contributed by atoms with Crippen molar-refractivity contribution >= 4 is 0 Å². The van der Waals surface area contributed by atoms with Gasteiger partial charge in [-0.2, -0.15) is 5.10 Å². The van der Waals surface area contributed by atoms with Crippen LogP contribution in [0.15, 0.2) is 12.3 Å². The first-order chi connectivity index (χ1) is 6.18. The van der Waals surface area contributed by atoms with Crippen molar-refractivity contribution in [3.63, 3.8) is 0 Å². The molecule has 72 valence electrons. The van der Waals surface area contributed by atoms with E-state index in [0.717, 1.165) is 18.5 Å². The molecule has 0 spiro atoms. The molecule has 1 fully saturated rings. The van der Waals surface area contributed by atoms with E-state index in [1.807, 2.05) is 17.9 Å². The highest BCUT2D eigenvalue weighted by molar-refractivity contribution is 5.10. The molecule has 2 rings (SSSR count). The molecular weight excluding hydrogens is 164 g/mol. The molecule has 1 aromatic rings. The molecule has 3 nitrogen and oxygen atoms in total. The third kappa shape index (κ3) is 1.48. The molecule has 3 atom stereocenters. The smallest absolute Gasteiger partial charge is 0.0659 e. The number of aromatic nitrogens is 2. The van der Waals surface area contributed by atoms with Crippen LogP contribution in [0.5, 0.6) is 0 Å². The Bertz CT molecular complexity index is 295. The lowest BCUT2D eigenvalue weighted by Crippen LogP contribution is -2.14. The Morgan fingerprint density at radius 1 is 1.54 bits per heavy atom. The molecule has 0 saturated heterocycles. The molecule has 1 aliphatic rings. The Hall–Kier alpha value is -0.830. The second-order valence-electron chi connectivity index (χ2n) is 4.02. The van der Waals surface area contributed by atoms with Gasteiger partial charge in [-0.3, -0.25) is 4.68 Å². The molecule has 13 heavy (non-hydrogen) atoms. The summed E-state index contributed by atoms with van der Waals surface area (Å²) in [7, 11) is 1.93. The molecule has 1 N–H and O–H groups in total. The number of nitrogens with zero attached hydrogens (tertiary/aromatic N) is 2. The highest BCUT2D eigenvalue weighted by Crippen LogP contribution is 2.38. The predicted octanol–water partition coefficient (Wildman–Crippen LogP) is 1.29. The summed E-state index contributed by atoms with van der Waals surface area (Å²) in [4.78, 5) is 0. The van der Waals surface area contributed by atoms with E-state index in [1.54, 1.807) is 0 Å². The zero-order chi connectivity index (χ0) is 9.42. The maximum absolute atomic E-state index is 9.60. The summed E-state index contributed by atoms with van der Waals surface area (Å²) in [6, 6.07) is 2.05. The third-order valence-electron chi connectivity index (χ3n) is 3.13. The van der Waals surface area contributed by atoms with E-state index in [2.05, 4.69) is 18.1 Å². The topological polar surface area (TPSA) is 38.0 Å². The first-order valence-electron chi connectivity index (χ1n) is 4.86. The molecule has 1 aliphatic carbocycles. The van der Waals surface area contributed by atoms with Gasteiger partial charge in [-0.25, -0.2) is 0 Å². The number of aryl methyl sites for hydroxylation is 1. The third-order valence-corrected chi connectivity index (χ3v) is 3.13. The lowest BCUT2D eigenvalue weighted by molar-refractivity contribution is 0.136. The molecule has 1 aromatic heterocycles. The van der Waals surface area contributed by atoms with Crippen molar-refractivity contribution in [2.45, 2.75) is 31.8 Å². The summed E-state index contributed by atoms with van der Waals surface area (Å²) in [5.74, 6) is 0.811. The van der Waals surface area contributed by atoms with Crippen molar-refractivity contribution in [2.75, 3.05) is 0 Å². The Morgan fingerprint density at radius 3 is 2.77 bits per heavy atom. The van der Waals surface area contributed by atoms with Gasteiger partial charge in [0.05, 0.1) is 11.8 Å². The average molecular weight is 180 g/mol. The second kappa shape index (κ2) is 3.14. The number of hydrogen-bond acceptors (Lipinski definition) is 2. The Kier molecular flexibility index (Phi) is 2.12. The van der Waals surface area contributed by atoms with Crippen LogP contribution in [0.2, 0.25) is 0 Å². The van der Waals surface area contributed by atoms with Crippen LogP contribution in [-0.4, -0.2) is 21.0 Å². The van der Waals surface area contributed by atoms with Gasteiger partial charge in [0, 0.05) is 19.2 Å².